The van der Waals surface area contributed by atoms with E-state index in [1.807, 2.05) is 48.0 Å². The van der Waals surface area contributed by atoms with Crippen molar-refractivity contribution < 1.29 is 9.90 Å². The highest BCUT2D eigenvalue weighted by atomic mass is 79.9. The topological polar surface area (TPSA) is 45.5 Å². The van der Waals surface area contributed by atoms with Crippen LogP contribution < -0.4 is 0 Å². The third-order valence-electron chi connectivity index (χ3n) is 3.64. The van der Waals surface area contributed by atoms with Gasteiger partial charge in [0.1, 0.15) is 5.69 Å². The standard InChI is InChI=1S/C15H15BrN2O2/c1-17-13(11-4-2-3-5-12(11)16)6-7-14(17)15(20)18-8-10(19)9-18/h2-7,10,19H,8-9H2,1H3. The van der Waals surface area contributed by atoms with Crippen LogP contribution in [0.1, 0.15) is 10.5 Å². The molecule has 2 heterocycles. The zero-order chi connectivity index (χ0) is 14.3. The normalized spacial score (nSPS) is 15.2. The smallest absolute Gasteiger partial charge is 0.270 e. The average Bonchev–Trinajstić information content (AvgIpc) is 2.77. The van der Waals surface area contributed by atoms with Crippen LogP contribution in [-0.2, 0) is 7.05 Å². The number of carbonyl (C=O) groups excluding carboxylic acids is 1. The first-order chi connectivity index (χ1) is 9.58. The Morgan fingerprint density at radius 1 is 1.25 bits per heavy atom. The number of aromatic nitrogens is 1. The number of aliphatic hydroxyl groups excluding tert-OH is 1. The minimum Gasteiger partial charge on any atom is -0.389 e. The fraction of sp³-hybridized carbons (Fsp3) is 0.267. The molecular weight excluding hydrogens is 320 g/mol. The van der Waals surface area contributed by atoms with Crippen molar-refractivity contribution in [2.75, 3.05) is 13.1 Å². The lowest BCUT2D eigenvalue weighted by Crippen LogP contribution is -2.53. The average molecular weight is 335 g/mol. The Kier molecular flexibility index (Phi) is 3.40. The van der Waals surface area contributed by atoms with E-state index in [1.54, 1.807) is 4.90 Å². The SMILES string of the molecule is Cn1c(C(=O)N2CC(O)C2)ccc1-c1ccccc1Br. The van der Waals surface area contributed by atoms with E-state index in [1.165, 1.54) is 0 Å². The summed E-state index contributed by atoms with van der Waals surface area (Å²) in [5.41, 5.74) is 2.68. The number of β-amino-alcohol motifs (C(OH)–C–C–N with tert-alkyl or cyclic N) is 1. The number of hydrogen-bond acceptors (Lipinski definition) is 2. The molecule has 0 atom stereocenters. The van der Waals surface area contributed by atoms with Gasteiger partial charge in [-0.3, -0.25) is 4.79 Å². The Balaban J connectivity index is 1.93. The van der Waals surface area contributed by atoms with Crippen molar-refractivity contribution in [3.8, 4) is 11.3 Å². The predicted molar refractivity (Wildman–Crippen MR) is 80.5 cm³/mol. The lowest BCUT2D eigenvalue weighted by Gasteiger charge is -2.35. The third-order valence-corrected chi connectivity index (χ3v) is 4.33. The van der Waals surface area contributed by atoms with Crippen molar-refractivity contribution in [3.05, 3.63) is 46.6 Å². The molecule has 1 N–H and O–H groups in total. The predicted octanol–water partition coefficient (Wildman–Crippen LogP) is 2.27. The second kappa shape index (κ2) is 5.07. The molecule has 1 saturated heterocycles. The summed E-state index contributed by atoms with van der Waals surface area (Å²) in [5, 5.41) is 9.30. The molecule has 20 heavy (non-hydrogen) atoms. The summed E-state index contributed by atoms with van der Waals surface area (Å²) >= 11 is 3.53. The second-order valence-corrected chi connectivity index (χ2v) is 5.86. The van der Waals surface area contributed by atoms with E-state index in [0.717, 1.165) is 15.7 Å². The molecule has 2 aromatic rings. The summed E-state index contributed by atoms with van der Waals surface area (Å²) in [6.07, 6.45) is -0.373. The van der Waals surface area contributed by atoms with Crippen LogP contribution in [0.2, 0.25) is 0 Å². The largest absolute Gasteiger partial charge is 0.389 e. The van der Waals surface area contributed by atoms with Crippen LogP contribution in [0.4, 0.5) is 0 Å². The highest BCUT2D eigenvalue weighted by molar-refractivity contribution is 9.10. The van der Waals surface area contributed by atoms with Crippen molar-refractivity contribution >= 4 is 21.8 Å². The van der Waals surface area contributed by atoms with Gasteiger partial charge in [0.05, 0.1) is 6.10 Å². The minimum atomic E-state index is -0.373. The Hall–Kier alpha value is -1.59. The zero-order valence-corrected chi connectivity index (χ0v) is 12.7. The summed E-state index contributed by atoms with van der Waals surface area (Å²) in [4.78, 5) is 14.0. The molecule has 0 radical (unpaired) electrons. The quantitative estimate of drug-likeness (QED) is 0.915. The molecule has 1 aromatic heterocycles. The molecule has 3 rings (SSSR count). The Morgan fingerprint density at radius 3 is 2.60 bits per heavy atom. The van der Waals surface area contributed by atoms with Crippen LogP contribution >= 0.6 is 15.9 Å². The molecule has 1 aliphatic heterocycles. The number of carbonyl (C=O) groups is 1. The maximum atomic E-state index is 12.3. The number of hydrogen-bond donors (Lipinski definition) is 1. The van der Waals surface area contributed by atoms with E-state index in [9.17, 15) is 9.90 Å². The Bertz CT molecular complexity index is 660. The number of amides is 1. The summed E-state index contributed by atoms with van der Waals surface area (Å²) in [5.74, 6) is -0.0314. The van der Waals surface area contributed by atoms with Gasteiger partial charge in [0, 0.05) is 35.9 Å². The van der Waals surface area contributed by atoms with Gasteiger partial charge in [0.2, 0.25) is 0 Å². The number of halogens is 1. The number of aliphatic hydroxyl groups is 1. The maximum Gasteiger partial charge on any atom is 0.270 e. The van der Waals surface area contributed by atoms with Crippen molar-refractivity contribution in [2.24, 2.45) is 7.05 Å². The zero-order valence-electron chi connectivity index (χ0n) is 11.1. The number of rotatable bonds is 2. The molecule has 104 valence electrons. The molecule has 0 unspecified atom stereocenters. The molecule has 0 spiro atoms. The molecule has 0 bridgehead atoms. The van der Waals surface area contributed by atoms with Gasteiger partial charge >= 0.3 is 0 Å². The highest BCUT2D eigenvalue weighted by Crippen LogP contribution is 2.29. The van der Waals surface area contributed by atoms with Gasteiger partial charge in [0.15, 0.2) is 0 Å². The molecule has 1 amide bonds. The lowest BCUT2D eigenvalue weighted by molar-refractivity contribution is 0.00528. The van der Waals surface area contributed by atoms with Gasteiger partial charge in [-0.2, -0.15) is 0 Å². The van der Waals surface area contributed by atoms with Gasteiger partial charge in [-0.05, 0) is 18.2 Å². The van der Waals surface area contributed by atoms with E-state index in [0.29, 0.717) is 18.8 Å². The molecule has 0 aliphatic carbocycles. The molecule has 5 heteroatoms. The number of benzene rings is 1. The third kappa shape index (κ3) is 2.17. The van der Waals surface area contributed by atoms with Crippen LogP contribution in [-0.4, -0.2) is 39.7 Å². The van der Waals surface area contributed by atoms with E-state index in [4.69, 9.17) is 0 Å². The summed E-state index contributed by atoms with van der Waals surface area (Å²) in [6, 6.07) is 11.7. The van der Waals surface area contributed by atoms with Gasteiger partial charge < -0.3 is 14.6 Å². The molecule has 1 aromatic carbocycles. The van der Waals surface area contributed by atoms with Gasteiger partial charge in [-0.1, -0.05) is 34.1 Å². The molecular formula is C15H15BrN2O2. The van der Waals surface area contributed by atoms with Crippen LogP contribution in [0.3, 0.4) is 0 Å². The second-order valence-electron chi connectivity index (χ2n) is 5.01. The van der Waals surface area contributed by atoms with Crippen LogP contribution in [0.15, 0.2) is 40.9 Å². The van der Waals surface area contributed by atoms with E-state index in [-0.39, 0.29) is 12.0 Å². The van der Waals surface area contributed by atoms with Crippen LogP contribution in [0.5, 0.6) is 0 Å². The fourth-order valence-corrected chi connectivity index (χ4v) is 2.94. The first-order valence-corrected chi connectivity index (χ1v) is 7.25. The van der Waals surface area contributed by atoms with E-state index >= 15 is 0 Å². The Labute approximate surface area is 125 Å². The first-order valence-electron chi connectivity index (χ1n) is 6.46. The van der Waals surface area contributed by atoms with Crippen LogP contribution in [0.25, 0.3) is 11.3 Å². The number of nitrogens with zero attached hydrogens (tertiary/aromatic N) is 2. The molecule has 4 nitrogen and oxygen atoms in total. The monoisotopic (exact) mass is 334 g/mol. The van der Waals surface area contributed by atoms with Crippen molar-refractivity contribution in [3.63, 3.8) is 0 Å². The van der Waals surface area contributed by atoms with Gasteiger partial charge in [-0.25, -0.2) is 0 Å². The van der Waals surface area contributed by atoms with Crippen molar-refractivity contribution in [1.29, 1.82) is 0 Å². The molecule has 1 aliphatic rings. The lowest BCUT2D eigenvalue weighted by atomic mass is 10.1. The van der Waals surface area contributed by atoms with Crippen molar-refractivity contribution in [1.82, 2.24) is 9.47 Å². The van der Waals surface area contributed by atoms with Crippen LogP contribution in [0, 0.1) is 0 Å². The maximum absolute atomic E-state index is 12.3. The van der Waals surface area contributed by atoms with Crippen molar-refractivity contribution in [2.45, 2.75) is 6.10 Å². The van der Waals surface area contributed by atoms with E-state index in [2.05, 4.69) is 15.9 Å². The number of likely N-dealkylation sites (tertiary alicyclic amines) is 1. The minimum absolute atomic E-state index is 0.0314. The summed E-state index contributed by atoms with van der Waals surface area (Å²) < 4.78 is 2.90. The molecule has 0 saturated carbocycles. The first kappa shape index (κ1) is 13.4. The van der Waals surface area contributed by atoms with Gasteiger partial charge in [0.25, 0.3) is 5.91 Å². The summed E-state index contributed by atoms with van der Waals surface area (Å²) in [6.45, 7) is 0.850. The molecule has 1 fully saturated rings. The van der Waals surface area contributed by atoms with E-state index < -0.39 is 0 Å². The highest BCUT2D eigenvalue weighted by Gasteiger charge is 2.31. The fourth-order valence-electron chi connectivity index (χ4n) is 2.45. The summed E-state index contributed by atoms with van der Waals surface area (Å²) in [7, 11) is 1.89. The Morgan fingerprint density at radius 2 is 1.95 bits per heavy atom. The van der Waals surface area contributed by atoms with Gasteiger partial charge in [-0.15, -0.1) is 0 Å².